The Morgan fingerprint density at radius 3 is 2.80 bits per heavy atom. The lowest BCUT2D eigenvalue weighted by atomic mass is 9.93. The fourth-order valence-corrected chi connectivity index (χ4v) is 2.07. The van der Waals surface area contributed by atoms with Gasteiger partial charge >= 0.3 is 0 Å². The highest BCUT2D eigenvalue weighted by Crippen LogP contribution is 2.42. The molecule has 0 aliphatic carbocycles. The van der Waals surface area contributed by atoms with Crippen molar-refractivity contribution in [3.63, 3.8) is 0 Å². The van der Waals surface area contributed by atoms with Gasteiger partial charge in [-0.25, -0.2) is 0 Å². The van der Waals surface area contributed by atoms with E-state index in [1.165, 1.54) is 0 Å². The van der Waals surface area contributed by atoms with E-state index in [9.17, 15) is 4.79 Å². The van der Waals surface area contributed by atoms with E-state index in [1.54, 1.807) is 12.4 Å². The number of carbonyl (C=O) groups is 1. The molecule has 1 fully saturated rings. The average molecular weight is 205 g/mol. The van der Waals surface area contributed by atoms with Gasteiger partial charge in [-0.3, -0.25) is 4.98 Å². The van der Waals surface area contributed by atoms with Gasteiger partial charge < -0.3 is 9.53 Å². The monoisotopic (exact) mass is 205 g/mol. The van der Waals surface area contributed by atoms with Crippen molar-refractivity contribution in [3.8, 4) is 0 Å². The highest BCUT2D eigenvalue weighted by atomic mass is 16.5. The lowest BCUT2D eigenvalue weighted by molar-refractivity contribution is -0.137. The molecule has 15 heavy (non-hydrogen) atoms. The first-order valence-corrected chi connectivity index (χ1v) is 5.15. The molecule has 1 aromatic rings. The molecule has 1 aliphatic heterocycles. The first-order chi connectivity index (χ1) is 7.08. The summed E-state index contributed by atoms with van der Waals surface area (Å²) in [6.45, 7) is 3.85. The predicted molar refractivity (Wildman–Crippen MR) is 56.4 cm³/mol. The molecule has 80 valence electrons. The quantitative estimate of drug-likeness (QED) is 0.694. The molecule has 0 N–H and O–H groups in total. The number of carbonyl (C=O) groups excluding carboxylic acids is 1. The smallest absolute Gasteiger partial charge is 0.151 e. The molecule has 0 aromatic carbocycles. The van der Waals surface area contributed by atoms with E-state index >= 15 is 0 Å². The number of pyridine rings is 1. The summed E-state index contributed by atoms with van der Waals surface area (Å²) in [6.07, 6.45) is 6.06. The van der Waals surface area contributed by atoms with E-state index in [0.717, 1.165) is 24.7 Å². The fraction of sp³-hybridized carbons (Fsp3) is 0.500. The van der Waals surface area contributed by atoms with Crippen LogP contribution in [0, 0.1) is 0 Å². The van der Waals surface area contributed by atoms with Crippen LogP contribution >= 0.6 is 0 Å². The second-order valence-electron chi connectivity index (χ2n) is 4.51. The zero-order valence-electron chi connectivity index (χ0n) is 9.06. The molecule has 2 heterocycles. The van der Waals surface area contributed by atoms with Crippen molar-refractivity contribution in [2.75, 3.05) is 0 Å². The maximum atomic E-state index is 10.9. The number of hydrogen-bond acceptors (Lipinski definition) is 3. The first-order valence-electron chi connectivity index (χ1n) is 5.15. The van der Waals surface area contributed by atoms with Crippen molar-refractivity contribution < 1.29 is 9.53 Å². The van der Waals surface area contributed by atoms with E-state index in [4.69, 9.17) is 4.74 Å². The molecule has 1 aromatic heterocycles. The van der Waals surface area contributed by atoms with Crippen molar-refractivity contribution in [2.45, 2.75) is 37.9 Å². The number of aldehydes is 1. The summed E-state index contributed by atoms with van der Waals surface area (Å²) < 4.78 is 5.86. The van der Waals surface area contributed by atoms with E-state index in [2.05, 4.69) is 4.98 Å². The summed E-state index contributed by atoms with van der Waals surface area (Å²) in [5.74, 6) is 0. The molecule has 1 saturated heterocycles. The summed E-state index contributed by atoms with van der Waals surface area (Å²) in [7, 11) is 0. The van der Waals surface area contributed by atoms with Gasteiger partial charge in [0.2, 0.25) is 0 Å². The van der Waals surface area contributed by atoms with Gasteiger partial charge in [-0.15, -0.1) is 0 Å². The zero-order valence-corrected chi connectivity index (χ0v) is 9.06. The minimum atomic E-state index is -0.634. The minimum absolute atomic E-state index is 0.371. The van der Waals surface area contributed by atoms with E-state index in [1.807, 2.05) is 26.0 Å². The van der Waals surface area contributed by atoms with Crippen molar-refractivity contribution >= 4 is 6.29 Å². The van der Waals surface area contributed by atoms with Gasteiger partial charge in [0.1, 0.15) is 5.60 Å². The largest absolute Gasteiger partial charge is 0.357 e. The summed E-state index contributed by atoms with van der Waals surface area (Å²) >= 11 is 0. The molecule has 2 unspecified atom stereocenters. The Balaban J connectivity index is 2.28. The Kier molecular flexibility index (Phi) is 2.35. The van der Waals surface area contributed by atoms with Gasteiger partial charge in [0, 0.05) is 18.0 Å². The minimum Gasteiger partial charge on any atom is -0.357 e. The first kappa shape index (κ1) is 10.3. The normalized spacial score (nSPS) is 35.3. The van der Waals surface area contributed by atoms with Crippen LogP contribution in [-0.4, -0.2) is 16.9 Å². The Bertz CT molecular complexity index is 365. The van der Waals surface area contributed by atoms with Crippen molar-refractivity contribution in [1.82, 2.24) is 4.98 Å². The van der Waals surface area contributed by atoms with Crippen molar-refractivity contribution in [2.24, 2.45) is 0 Å². The average Bonchev–Trinajstić information content (AvgIpc) is 2.59. The van der Waals surface area contributed by atoms with Crippen LogP contribution in [-0.2, 0) is 15.1 Å². The van der Waals surface area contributed by atoms with Crippen LogP contribution in [0.15, 0.2) is 24.5 Å². The highest BCUT2D eigenvalue weighted by Gasteiger charge is 2.44. The Hall–Kier alpha value is -1.22. The number of nitrogens with zero attached hydrogens (tertiary/aromatic N) is 1. The van der Waals surface area contributed by atoms with E-state index in [0.29, 0.717) is 0 Å². The van der Waals surface area contributed by atoms with Crippen LogP contribution < -0.4 is 0 Å². The summed E-state index contributed by atoms with van der Waals surface area (Å²) in [5, 5.41) is 0. The predicted octanol–water partition coefficient (Wildman–Crippen LogP) is 2.06. The van der Waals surface area contributed by atoms with Crippen LogP contribution in [0.2, 0.25) is 0 Å². The maximum Gasteiger partial charge on any atom is 0.151 e. The van der Waals surface area contributed by atoms with Gasteiger partial charge in [-0.1, -0.05) is 6.07 Å². The lowest BCUT2D eigenvalue weighted by Crippen LogP contribution is -2.30. The van der Waals surface area contributed by atoms with Crippen molar-refractivity contribution in [1.29, 1.82) is 0 Å². The third-order valence-corrected chi connectivity index (χ3v) is 3.08. The third kappa shape index (κ3) is 1.79. The molecule has 2 rings (SSSR count). The highest BCUT2D eigenvalue weighted by molar-refractivity contribution is 5.62. The van der Waals surface area contributed by atoms with Gasteiger partial charge in [0.25, 0.3) is 0 Å². The van der Waals surface area contributed by atoms with Gasteiger partial charge in [-0.2, -0.15) is 0 Å². The molecule has 0 radical (unpaired) electrons. The van der Waals surface area contributed by atoms with Crippen molar-refractivity contribution in [3.05, 3.63) is 30.1 Å². The standard InChI is InChI=1S/C12H15NO2/c1-11(9-14)5-6-12(2,15-11)10-4-3-7-13-8-10/h3-4,7-9H,5-6H2,1-2H3. The Labute approximate surface area is 89.5 Å². The fourth-order valence-electron chi connectivity index (χ4n) is 2.07. The summed E-state index contributed by atoms with van der Waals surface area (Å²) in [5.41, 5.74) is 0.0321. The molecule has 0 spiro atoms. The number of rotatable bonds is 2. The SMILES string of the molecule is CC1(C=O)CCC(C)(c2cccnc2)O1. The van der Waals surface area contributed by atoms with E-state index < -0.39 is 5.60 Å². The van der Waals surface area contributed by atoms with Gasteiger partial charge in [-0.05, 0) is 32.8 Å². The third-order valence-electron chi connectivity index (χ3n) is 3.08. The second kappa shape index (κ2) is 3.42. The molecule has 3 heteroatoms. The molecule has 0 amide bonds. The zero-order chi connectivity index (χ0) is 10.9. The molecule has 0 bridgehead atoms. The Morgan fingerprint density at radius 1 is 1.47 bits per heavy atom. The molecule has 1 aliphatic rings. The van der Waals surface area contributed by atoms with Crippen LogP contribution in [0.3, 0.4) is 0 Å². The number of hydrogen-bond donors (Lipinski definition) is 0. The summed E-state index contributed by atoms with van der Waals surface area (Å²) in [4.78, 5) is 15.0. The maximum absolute atomic E-state index is 10.9. The van der Waals surface area contributed by atoms with E-state index in [-0.39, 0.29) is 5.60 Å². The van der Waals surface area contributed by atoms with Crippen LogP contribution in [0.1, 0.15) is 32.3 Å². The summed E-state index contributed by atoms with van der Waals surface area (Å²) in [6, 6.07) is 3.88. The lowest BCUT2D eigenvalue weighted by Gasteiger charge is -2.27. The van der Waals surface area contributed by atoms with Crippen LogP contribution in [0.25, 0.3) is 0 Å². The topological polar surface area (TPSA) is 39.2 Å². The second-order valence-corrected chi connectivity index (χ2v) is 4.51. The van der Waals surface area contributed by atoms with Crippen LogP contribution in [0.5, 0.6) is 0 Å². The van der Waals surface area contributed by atoms with Gasteiger partial charge in [0.05, 0.1) is 5.60 Å². The number of ether oxygens (including phenoxy) is 1. The van der Waals surface area contributed by atoms with Gasteiger partial charge in [0.15, 0.2) is 6.29 Å². The molecule has 2 atom stereocenters. The molecular weight excluding hydrogens is 190 g/mol. The Morgan fingerprint density at radius 2 is 2.27 bits per heavy atom. The van der Waals surface area contributed by atoms with Crippen LogP contribution in [0.4, 0.5) is 0 Å². The molecule has 3 nitrogen and oxygen atoms in total. The molecule has 0 saturated carbocycles. The number of aromatic nitrogens is 1. The molecular formula is C12H15NO2.